The number of rotatable bonds is 4. The summed E-state index contributed by atoms with van der Waals surface area (Å²) in [5.41, 5.74) is -0.496. The van der Waals surface area contributed by atoms with E-state index in [1.54, 1.807) is 14.2 Å². The van der Waals surface area contributed by atoms with Gasteiger partial charge in [-0.25, -0.2) is 8.78 Å². The molecule has 1 saturated carbocycles. The molecule has 1 aromatic carbocycles. The lowest BCUT2D eigenvalue weighted by atomic mass is 9.81. The van der Waals surface area contributed by atoms with Crippen LogP contribution in [-0.4, -0.2) is 19.8 Å². The minimum atomic E-state index is -0.562. The first-order chi connectivity index (χ1) is 10.1. The smallest absolute Gasteiger partial charge is 0.145 e. The van der Waals surface area contributed by atoms with Gasteiger partial charge in [0.25, 0.3) is 0 Å². The van der Waals surface area contributed by atoms with E-state index < -0.39 is 23.3 Å². The molecule has 0 saturated heterocycles. The van der Waals surface area contributed by atoms with E-state index in [9.17, 15) is 8.78 Å². The summed E-state index contributed by atoms with van der Waals surface area (Å²) in [6, 6.07) is 2.19. The van der Waals surface area contributed by atoms with E-state index in [0.717, 1.165) is 38.5 Å². The Kier molecular flexibility index (Phi) is 5.74. The first-order valence-corrected chi connectivity index (χ1v) is 8.21. The number of hydrogen-bond acceptors (Lipinski definition) is 2. The number of likely N-dealkylation sites (N-methyl/N-ethyl adjacent to an activating group) is 1. The Hall–Kier alpha value is -0.520. The molecule has 0 aliphatic heterocycles. The second-order valence-corrected chi connectivity index (χ2v) is 6.52. The second kappa shape index (κ2) is 7.16. The molecule has 0 bridgehead atoms. The number of ether oxygens (including phenoxy) is 1. The summed E-state index contributed by atoms with van der Waals surface area (Å²) in [7, 11) is 3.37. The fraction of sp³-hybridized carbons (Fsp3) is 0.625. The van der Waals surface area contributed by atoms with Crippen molar-refractivity contribution in [2.24, 2.45) is 0 Å². The molecule has 0 radical (unpaired) electrons. The van der Waals surface area contributed by atoms with Crippen molar-refractivity contribution in [3.8, 4) is 0 Å². The topological polar surface area (TPSA) is 21.3 Å². The summed E-state index contributed by atoms with van der Waals surface area (Å²) in [6.45, 7) is 0. The minimum absolute atomic E-state index is 0.0654. The van der Waals surface area contributed by atoms with E-state index >= 15 is 0 Å². The van der Waals surface area contributed by atoms with Gasteiger partial charge < -0.3 is 10.1 Å². The van der Waals surface area contributed by atoms with Gasteiger partial charge in [-0.05, 0) is 48.0 Å². The highest BCUT2D eigenvalue weighted by Gasteiger charge is 2.42. The molecule has 1 aromatic rings. The zero-order chi connectivity index (χ0) is 15.5. The predicted molar refractivity (Wildman–Crippen MR) is 83.3 cm³/mol. The molecule has 0 amide bonds. The van der Waals surface area contributed by atoms with Crippen LogP contribution < -0.4 is 5.32 Å². The maximum Gasteiger partial charge on any atom is 0.145 e. The second-order valence-electron chi connectivity index (χ2n) is 5.66. The van der Waals surface area contributed by atoms with Gasteiger partial charge in [-0.1, -0.05) is 25.7 Å². The number of methoxy groups -OCH3 is 1. The third kappa shape index (κ3) is 3.30. The molecule has 21 heavy (non-hydrogen) atoms. The molecule has 118 valence electrons. The highest BCUT2D eigenvalue weighted by Crippen LogP contribution is 2.42. The summed E-state index contributed by atoms with van der Waals surface area (Å²) in [4.78, 5) is 0. The standard InChI is InChI=1S/C16H22BrF2NO/c1-20-15(13-12(18)8-7-11(17)14(13)19)16(21-2)9-5-3-4-6-10-16/h7-8,15,20H,3-6,9-10H2,1-2H3. The van der Waals surface area contributed by atoms with E-state index in [-0.39, 0.29) is 10.0 Å². The third-order valence-electron chi connectivity index (χ3n) is 4.54. The number of hydrogen-bond donors (Lipinski definition) is 1. The fourth-order valence-corrected chi connectivity index (χ4v) is 3.76. The molecule has 0 heterocycles. The molecule has 1 atom stereocenters. The van der Waals surface area contributed by atoms with Crippen LogP contribution in [0, 0.1) is 11.6 Å². The lowest BCUT2D eigenvalue weighted by molar-refractivity contribution is -0.0539. The summed E-state index contributed by atoms with van der Waals surface area (Å²) in [5.74, 6) is -1.08. The van der Waals surface area contributed by atoms with Gasteiger partial charge >= 0.3 is 0 Å². The van der Waals surface area contributed by atoms with Crippen LogP contribution in [0.4, 0.5) is 8.78 Å². The quantitative estimate of drug-likeness (QED) is 0.618. The lowest BCUT2D eigenvalue weighted by Crippen LogP contribution is -2.45. The van der Waals surface area contributed by atoms with Gasteiger partial charge in [-0.2, -0.15) is 0 Å². The van der Waals surface area contributed by atoms with Gasteiger partial charge in [0.1, 0.15) is 11.6 Å². The summed E-state index contributed by atoms with van der Waals surface area (Å²) >= 11 is 3.15. The van der Waals surface area contributed by atoms with E-state index in [1.807, 2.05) is 0 Å². The minimum Gasteiger partial charge on any atom is -0.376 e. The third-order valence-corrected chi connectivity index (χ3v) is 5.15. The normalized spacial score (nSPS) is 20.0. The number of nitrogens with one attached hydrogen (secondary N) is 1. The van der Waals surface area contributed by atoms with Crippen molar-refractivity contribution >= 4 is 15.9 Å². The molecule has 1 aliphatic rings. The van der Waals surface area contributed by atoms with Gasteiger partial charge in [0.2, 0.25) is 0 Å². The zero-order valence-electron chi connectivity index (χ0n) is 12.5. The highest BCUT2D eigenvalue weighted by atomic mass is 79.9. The van der Waals surface area contributed by atoms with Crippen LogP contribution in [0.2, 0.25) is 0 Å². The monoisotopic (exact) mass is 361 g/mol. The van der Waals surface area contributed by atoms with E-state index in [4.69, 9.17) is 4.74 Å². The van der Waals surface area contributed by atoms with E-state index in [2.05, 4.69) is 21.2 Å². The molecule has 2 nitrogen and oxygen atoms in total. The van der Waals surface area contributed by atoms with Crippen LogP contribution in [0.25, 0.3) is 0 Å². The summed E-state index contributed by atoms with van der Waals surface area (Å²) < 4.78 is 34.8. The molecular formula is C16H22BrF2NO. The average Bonchev–Trinajstić information content (AvgIpc) is 2.74. The molecule has 0 aromatic heterocycles. The molecule has 2 rings (SSSR count). The predicted octanol–water partition coefficient (Wildman–Crippen LogP) is 4.73. The Labute approximate surface area is 133 Å². The van der Waals surface area contributed by atoms with Crippen LogP contribution >= 0.6 is 15.9 Å². The summed E-state index contributed by atoms with van der Waals surface area (Å²) in [5, 5.41) is 3.09. The summed E-state index contributed by atoms with van der Waals surface area (Å²) in [6.07, 6.45) is 5.93. The Morgan fingerprint density at radius 3 is 2.33 bits per heavy atom. The van der Waals surface area contributed by atoms with Crippen LogP contribution in [0.15, 0.2) is 16.6 Å². The largest absolute Gasteiger partial charge is 0.376 e. The van der Waals surface area contributed by atoms with Crippen molar-refractivity contribution in [1.82, 2.24) is 5.32 Å². The fourth-order valence-electron chi connectivity index (χ4n) is 3.42. The molecular weight excluding hydrogens is 340 g/mol. The van der Waals surface area contributed by atoms with Crippen LogP contribution in [0.1, 0.15) is 50.1 Å². The van der Waals surface area contributed by atoms with E-state index in [1.165, 1.54) is 12.1 Å². The van der Waals surface area contributed by atoms with Crippen molar-refractivity contribution in [3.63, 3.8) is 0 Å². The van der Waals surface area contributed by atoms with Crippen molar-refractivity contribution in [2.75, 3.05) is 14.2 Å². The number of benzene rings is 1. The van der Waals surface area contributed by atoms with Crippen molar-refractivity contribution in [3.05, 3.63) is 33.8 Å². The Morgan fingerprint density at radius 2 is 1.81 bits per heavy atom. The zero-order valence-corrected chi connectivity index (χ0v) is 14.1. The van der Waals surface area contributed by atoms with Gasteiger partial charge in [-0.3, -0.25) is 0 Å². The maximum absolute atomic E-state index is 14.5. The van der Waals surface area contributed by atoms with Crippen molar-refractivity contribution in [1.29, 1.82) is 0 Å². The molecule has 1 aliphatic carbocycles. The molecule has 1 unspecified atom stereocenters. The Balaban J connectivity index is 2.49. The Bertz CT molecular complexity index is 487. The van der Waals surface area contributed by atoms with Crippen molar-refractivity contribution in [2.45, 2.75) is 50.2 Å². The first-order valence-electron chi connectivity index (χ1n) is 7.41. The van der Waals surface area contributed by atoms with Crippen LogP contribution in [0.3, 0.4) is 0 Å². The van der Waals surface area contributed by atoms with E-state index in [0.29, 0.717) is 0 Å². The lowest BCUT2D eigenvalue weighted by Gasteiger charge is -2.39. The van der Waals surface area contributed by atoms with Gasteiger partial charge in [0, 0.05) is 12.7 Å². The van der Waals surface area contributed by atoms with Gasteiger partial charge in [0.05, 0.1) is 16.1 Å². The highest BCUT2D eigenvalue weighted by molar-refractivity contribution is 9.10. The molecule has 1 fully saturated rings. The van der Waals surface area contributed by atoms with Crippen molar-refractivity contribution < 1.29 is 13.5 Å². The molecule has 5 heteroatoms. The van der Waals surface area contributed by atoms with Gasteiger partial charge in [-0.15, -0.1) is 0 Å². The Morgan fingerprint density at radius 1 is 1.19 bits per heavy atom. The first kappa shape index (κ1) is 16.8. The number of halogens is 3. The van der Waals surface area contributed by atoms with Crippen LogP contribution in [-0.2, 0) is 4.74 Å². The average molecular weight is 362 g/mol. The molecule has 1 N–H and O–H groups in total. The van der Waals surface area contributed by atoms with Crippen LogP contribution in [0.5, 0.6) is 0 Å². The van der Waals surface area contributed by atoms with Gasteiger partial charge in [0.15, 0.2) is 0 Å². The SMILES string of the molecule is CNC(c1c(F)ccc(Br)c1F)C1(OC)CCCCCC1. The molecule has 0 spiro atoms. The maximum atomic E-state index is 14.5.